The van der Waals surface area contributed by atoms with Crippen molar-refractivity contribution in [1.82, 2.24) is 9.78 Å². The monoisotopic (exact) mass is 428 g/mol. The Morgan fingerprint density at radius 3 is 2.14 bits per heavy atom. The van der Waals surface area contributed by atoms with Crippen molar-refractivity contribution in [3.63, 3.8) is 0 Å². The van der Waals surface area contributed by atoms with E-state index in [0.717, 1.165) is 11.3 Å². The van der Waals surface area contributed by atoms with Crippen molar-refractivity contribution in [2.24, 2.45) is 5.84 Å². The van der Waals surface area contributed by atoms with E-state index in [1.54, 1.807) is 19.1 Å². The second kappa shape index (κ2) is 9.94. The molecule has 29 heavy (non-hydrogen) atoms. The smallest absolute Gasteiger partial charge is 0.434 e. The van der Waals surface area contributed by atoms with Crippen molar-refractivity contribution in [3.05, 3.63) is 77.1 Å². The number of aromatic nitrogens is 2. The molecule has 0 fully saturated rings. The van der Waals surface area contributed by atoms with Crippen LogP contribution in [0, 0.1) is 13.8 Å². The van der Waals surface area contributed by atoms with E-state index in [1.165, 1.54) is 17.7 Å². The third kappa shape index (κ3) is 6.23. The number of nitrogens with zero attached hydrogens (tertiary/aromatic N) is 2. The largest absolute Gasteiger partial charge is 0.478 e. The Morgan fingerprint density at radius 2 is 1.69 bits per heavy atom. The molecule has 6 nitrogen and oxygen atoms in total. The number of benzene rings is 2. The molecule has 3 aromatic rings. The van der Waals surface area contributed by atoms with Crippen LogP contribution in [0.1, 0.15) is 27.2 Å². The molecule has 1 aromatic heterocycles. The van der Waals surface area contributed by atoms with Crippen LogP contribution < -0.4 is 11.3 Å². The summed E-state index contributed by atoms with van der Waals surface area (Å²) in [5.41, 5.74) is 3.50. The molecule has 0 atom stereocenters. The Morgan fingerprint density at radius 1 is 1.10 bits per heavy atom. The number of aryl methyl sites for hydroxylation is 2. The fourth-order valence-corrected chi connectivity index (χ4v) is 2.47. The maximum Gasteiger partial charge on any atom is 0.434 e. The maximum absolute atomic E-state index is 13.0. The van der Waals surface area contributed by atoms with E-state index in [-0.39, 0.29) is 18.1 Å². The van der Waals surface area contributed by atoms with Gasteiger partial charge in [0.25, 0.3) is 0 Å². The first-order chi connectivity index (χ1) is 13.1. The zero-order valence-corrected chi connectivity index (χ0v) is 16.4. The van der Waals surface area contributed by atoms with Crippen molar-refractivity contribution in [1.29, 1.82) is 0 Å². The fourth-order valence-electron chi connectivity index (χ4n) is 2.47. The zero-order chi connectivity index (χ0) is 20.9. The molecule has 4 N–H and O–H groups in total. The Bertz CT molecular complexity index is 974. The van der Waals surface area contributed by atoms with Crippen LogP contribution in [-0.4, -0.2) is 20.9 Å². The van der Waals surface area contributed by atoms with Gasteiger partial charge in [0.2, 0.25) is 0 Å². The standard InChI is InChI=1S/C12H9F3N2O2.C7H10N2.ClH/c1-7-3-2-4-8(5-7)17-10(12(13,14)15)9(6-16-17)11(18)19;1-6-3-2-4-7(5-6)9-8;/h2-6H,1H3,(H,18,19);2-5,9H,8H2,1H3;1H. The number of hydrogen-bond acceptors (Lipinski definition) is 4. The second-order valence-electron chi connectivity index (χ2n) is 5.97. The van der Waals surface area contributed by atoms with E-state index in [4.69, 9.17) is 10.9 Å². The molecule has 0 aliphatic rings. The number of carbonyl (C=O) groups is 1. The molecule has 0 bridgehead atoms. The van der Waals surface area contributed by atoms with Crippen LogP contribution in [0.5, 0.6) is 0 Å². The number of halogens is 4. The van der Waals surface area contributed by atoms with E-state index in [0.29, 0.717) is 10.9 Å². The van der Waals surface area contributed by atoms with E-state index in [9.17, 15) is 18.0 Å². The zero-order valence-electron chi connectivity index (χ0n) is 15.6. The Hall–Kier alpha value is -3.04. The van der Waals surface area contributed by atoms with Crippen molar-refractivity contribution in [3.8, 4) is 5.69 Å². The molecule has 0 aliphatic carbocycles. The molecule has 3 rings (SSSR count). The minimum Gasteiger partial charge on any atom is -0.478 e. The molecule has 0 saturated carbocycles. The number of hydrazine groups is 1. The van der Waals surface area contributed by atoms with E-state index in [2.05, 4.69) is 10.5 Å². The average molecular weight is 429 g/mol. The average Bonchev–Trinajstić information content (AvgIpc) is 3.08. The van der Waals surface area contributed by atoms with Crippen LogP contribution >= 0.6 is 12.4 Å². The molecule has 0 radical (unpaired) electrons. The highest BCUT2D eigenvalue weighted by molar-refractivity contribution is 5.89. The normalized spacial score (nSPS) is 10.4. The Labute approximate surface area is 171 Å². The summed E-state index contributed by atoms with van der Waals surface area (Å²) >= 11 is 0. The number of carboxylic acids is 1. The summed E-state index contributed by atoms with van der Waals surface area (Å²) in [7, 11) is 0. The lowest BCUT2D eigenvalue weighted by Crippen LogP contribution is -2.17. The SMILES string of the molecule is Cc1cccc(-n2ncc(C(=O)O)c2C(F)(F)F)c1.Cc1cccc(NN)c1.Cl. The summed E-state index contributed by atoms with van der Waals surface area (Å²) in [6, 6.07) is 14.1. The molecule has 0 amide bonds. The first kappa shape index (κ1) is 24.0. The lowest BCUT2D eigenvalue weighted by atomic mass is 10.2. The molecule has 1 heterocycles. The Balaban J connectivity index is 0.000000355. The van der Waals surface area contributed by atoms with Gasteiger partial charge in [0, 0.05) is 5.69 Å². The summed E-state index contributed by atoms with van der Waals surface area (Å²) in [4.78, 5) is 10.8. The molecule has 10 heteroatoms. The number of nitrogens with one attached hydrogen (secondary N) is 1. The van der Waals surface area contributed by atoms with Crippen molar-refractivity contribution < 1.29 is 23.1 Å². The number of aromatic carboxylic acids is 1. The number of rotatable bonds is 3. The van der Waals surface area contributed by atoms with Crippen LogP contribution in [0.25, 0.3) is 5.69 Å². The summed E-state index contributed by atoms with van der Waals surface area (Å²) in [5, 5.41) is 12.3. The highest BCUT2D eigenvalue weighted by Gasteiger charge is 2.40. The van der Waals surface area contributed by atoms with Crippen LogP contribution in [0.2, 0.25) is 0 Å². The van der Waals surface area contributed by atoms with Gasteiger partial charge in [-0.1, -0.05) is 24.3 Å². The molecule has 0 saturated heterocycles. The number of alkyl halides is 3. The van der Waals surface area contributed by atoms with Crippen molar-refractivity contribution in [2.75, 3.05) is 5.43 Å². The number of hydrogen-bond donors (Lipinski definition) is 3. The van der Waals surface area contributed by atoms with Gasteiger partial charge in [-0.15, -0.1) is 12.4 Å². The van der Waals surface area contributed by atoms with Crippen molar-refractivity contribution >= 4 is 24.1 Å². The predicted octanol–water partition coefficient (Wildman–Crippen LogP) is 4.60. The molecular formula is C19H20ClF3N4O2. The highest BCUT2D eigenvalue weighted by Crippen LogP contribution is 2.33. The van der Waals surface area contributed by atoms with Gasteiger partial charge in [-0.2, -0.15) is 18.3 Å². The summed E-state index contributed by atoms with van der Waals surface area (Å²) in [6.07, 6.45) is -4.10. The van der Waals surface area contributed by atoms with Crippen molar-refractivity contribution in [2.45, 2.75) is 20.0 Å². The van der Waals surface area contributed by atoms with E-state index in [1.807, 2.05) is 31.2 Å². The predicted molar refractivity (Wildman–Crippen MR) is 106 cm³/mol. The van der Waals surface area contributed by atoms with Crippen LogP contribution in [0.4, 0.5) is 18.9 Å². The molecule has 0 unspecified atom stereocenters. The Kier molecular flexibility index (Phi) is 8.23. The third-order valence-electron chi connectivity index (χ3n) is 3.70. The lowest BCUT2D eigenvalue weighted by molar-refractivity contribution is -0.143. The minimum atomic E-state index is -4.80. The highest BCUT2D eigenvalue weighted by atomic mass is 35.5. The summed E-state index contributed by atoms with van der Waals surface area (Å²) in [5.74, 6) is 3.51. The second-order valence-corrected chi connectivity index (χ2v) is 5.97. The third-order valence-corrected chi connectivity index (χ3v) is 3.70. The van der Waals surface area contributed by atoms with Gasteiger partial charge in [0.15, 0.2) is 5.69 Å². The lowest BCUT2D eigenvalue weighted by Gasteiger charge is -2.11. The molecule has 0 spiro atoms. The molecule has 156 valence electrons. The maximum atomic E-state index is 13.0. The van der Waals surface area contributed by atoms with Gasteiger partial charge in [-0.25, -0.2) is 9.48 Å². The molecular weight excluding hydrogens is 409 g/mol. The van der Waals surface area contributed by atoms with Gasteiger partial charge < -0.3 is 10.5 Å². The van der Waals surface area contributed by atoms with E-state index >= 15 is 0 Å². The van der Waals surface area contributed by atoms with Gasteiger partial charge in [-0.3, -0.25) is 5.84 Å². The van der Waals surface area contributed by atoms with E-state index < -0.39 is 23.4 Å². The van der Waals surface area contributed by atoms with Crippen LogP contribution in [0.3, 0.4) is 0 Å². The number of nitrogen functional groups attached to an aromatic ring is 1. The summed E-state index contributed by atoms with van der Waals surface area (Å²) in [6.45, 7) is 3.75. The fraction of sp³-hybridized carbons (Fsp3) is 0.158. The van der Waals surface area contributed by atoms with Crippen LogP contribution in [0.15, 0.2) is 54.7 Å². The molecule has 0 aliphatic heterocycles. The minimum absolute atomic E-state index is 0. The quantitative estimate of drug-likeness (QED) is 0.418. The topological polar surface area (TPSA) is 93.2 Å². The first-order valence-corrected chi connectivity index (χ1v) is 8.12. The van der Waals surface area contributed by atoms with Gasteiger partial charge >= 0.3 is 12.1 Å². The van der Waals surface area contributed by atoms with Gasteiger partial charge in [0.1, 0.15) is 5.56 Å². The van der Waals surface area contributed by atoms with Gasteiger partial charge in [0.05, 0.1) is 11.9 Å². The summed E-state index contributed by atoms with van der Waals surface area (Å²) < 4.78 is 39.5. The number of anilines is 1. The van der Waals surface area contributed by atoms with Gasteiger partial charge in [-0.05, 0) is 49.2 Å². The number of nitrogens with two attached hydrogens (primary N) is 1. The van der Waals surface area contributed by atoms with Crippen LogP contribution in [-0.2, 0) is 6.18 Å². The number of carboxylic acid groups (broad SMARTS) is 1. The first-order valence-electron chi connectivity index (χ1n) is 8.12. The molecule has 2 aromatic carbocycles.